The highest BCUT2D eigenvalue weighted by Gasteiger charge is 2.27. The molecule has 1 aliphatic heterocycles. The Morgan fingerprint density at radius 2 is 2.05 bits per heavy atom. The van der Waals surface area contributed by atoms with Crippen molar-refractivity contribution in [2.45, 2.75) is 25.9 Å². The van der Waals surface area contributed by atoms with E-state index in [1.165, 1.54) is 0 Å². The highest BCUT2D eigenvalue weighted by Crippen LogP contribution is 2.21. The maximum atomic E-state index is 6.23. The summed E-state index contributed by atoms with van der Waals surface area (Å²) < 4.78 is 6.43. The Kier molecular flexibility index (Phi) is 5.87. The molecule has 0 radical (unpaired) electrons. The summed E-state index contributed by atoms with van der Waals surface area (Å²) in [6.45, 7) is 9.95. The van der Waals surface area contributed by atoms with Crippen molar-refractivity contribution in [1.82, 2.24) is 10.2 Å². The van der Waals surface area contributed by atoms with Crippen molar-refractivity contribution in [3.8, 4) is 0 Å². The Morgan fingerprint density at radius 1 is 1.35 bits per heavy atom. The fourth-order valence-corrected chi connectivity index (χ4v) is 3.19. The van der Waals surface area contributed by atoms with Crippen molar-refractivity contribution < 1.29 is 4.74 Å². The second-order valence-electron chi connectivity index (χ2n) is 5.75. The van der Waals surface area contributed by atoms with Crippen molar-refractivity contribution in [3.05, 3.63) is 33.3 Å². The van der Waals surface area contributed by atoms with Crippen LogP contribution in [-0.4, -0.2) is 43.3 Å². The molecule has 0 atom stereocenters. The van der Waals surface area contributed by atoms with Crippen LogP contribution < -0.4 is 5.32 Å². The van der Waals surface area contributed by atoms with Crippen LogP contribution in [0.4, 0.5) is 0 Å². The van der Waals surface area contributed by atoms with E-state index in [-0.39, 0.29) is 5.54 Å². The van der Waals surface area contributed by atoms with E-state index in [4.69, 9.17) is 16.3 Å². The zero-order valence-corrected chi connectivity index (χ0v) is 14.4. The topological polar surface area (TPSA) is 24.5 Å². The van der Waals surface area contributed by atoms with Crippen LogP contribution in [-0.2, 0) is 11.3 Å². The summed E-state index contributed by atoms with van der Waals surface area (Å²) in [5.74, 6) is 0. The number of morpholine rings is 1. The quantitative estimate of drug-likeness (QED) is 0.871. The van der Waals surface area contributed by atoms with Crippen LogP contribution in [0.2, 0.25) is 5.02 Å². The number of ether oxygens (including phenoxy) is 1. The zero-order chi connectivity index (χ0) is 14.6. The number of benzene rings is 1. The molecule has 1 heterocycles. The average Bonchev–Trinajstić information content (AvgIpc) is 2.42. The molecule has 3 nitrogen and oxygen atoms in total. The van der Waals surface area contributed by atoms with Gasteiger partial charge in [-0.25, -0.2) is 0 Å². The maximum Gasteiger partial charge on any atom is 0.0594 e. The first-order valence-electron chi connectivity index (χ1n) is 6.96. The van der Waals surface area contributed by atoms with Gasteiger partial charge in [-0.15, -0.1) is 0 Å². The fourth-order valence-electron chi connectivity index (χ4n) is 2.45. The Hall–Kier alpha value is -0.130. The number of halogens is 2. The summed E-state index contributed by atoms with van der Waals surface area (Å²) >= 11 is 9.66. The predicted octanol–water partition coefficient (Wildman–Crippen LogP) is 3.30. The van der Waals surface area contributed by atoms with Crippen LogP contribution in [0.1, 0.15) is 19.4 Å². The van der Waals surface area contributed by atoms with Gasteiger partial charge in [0.05, 0.1) is 13.2 Å². The van der Waals surface area contributed by atoms with E-state index in [2.05, 4.69) is 46.1 Å². The van der Waals surface area contributed by atoms with Gasteiger partial charge >= 0.3 is 0 Å². The predicted molar refractivity (Wildman–Crippen MR) is 87.3 cm³/mol. The largest absolute Gasteiger partial charge is 0.379 e. The second-order valence-corrected chi connectivity index (χ2v) is 7.07. The molecule has 20 heavy (non-hydrogen) atoms. The van der Waals surface area contributed by atoms with E-state index in [9.17, 15) is 0 Å². The van der Waals surface area contributed by atoms with Gasteiger partial charge in [0, 0.05) is 41.2 Å². The zero-order valence-electron chi connectivity index (χ0n) is 12.1. The monoisotopic (exact) mass is 360 g/mol. The lowest BCUT2D eigenvalue weighted by Crippen LogP contribution is -2.54. The summed E-state index contributed by atoms with van der Waals surface area (Å²) in [6.07, 6.45) is 0. The van der Waals surface area contributed by atoms with Crippen LogP contribution in [0, 0.1) is 0 Å². The molecule has 1 N–H and O–H groups in total. The number of hydrogen-bond donors (Lipinski definition) is 1. The molecule has 1 aliphatic rings. The molecule has 1 fully saturated rings. The van der Waals surface area contributed by atoms with Gasteiger partial charge in [0.1, 0.15) is 0 Å². The van der Waals surface area contributed by atoms with Gasteiger partial charge in [-0.3, -0.25) is 4.90 Å². The SMILES string of the molecule is CC(C)(CNCc1ccc(Br)cc1Cl)N1CCOCC1. The van der Waals surface area contributed by atoms with Crippen molar-refractivity contribution in [2.75, 3.05) is 32.8 Å². The molecule has 0 unspecified atom stereocenters. The minimum atomic E-state index is 0.131. The van der Waals surface area contributed by atoms with Gasteiger partial charge in [-0.2, -0.15) is 0 Å². The van der Waals surface area contributed by atoms with E-state index in [1.807, 2.05) is 12.1 Å². The molecule has 0 spiro atoms. The molecule has 1 aromatic rings. The van der Waals surface area contributed by atoms with Gasteiger partial charge < -0.3 is 10.1 Å². The summed E-state index contributed by atoms with van der Waals surface area (Å²) in [5, 5.41) is 4.32. The van der Waals surface area contributed by atoms with E-state index < -0.39 is 0 Å². The standard InChI is InChI=1S/C15H22BrClN2O/c1-15(2,19-5-7-20-8-6-19)11-18-10-12-3-4-13(16)9-14(12)17/h3-4,9,18H,5-8,10-11H2,1-2H3. The van der Waals surface area contributed by atoms with Crippen molar-refractivity contribution >= 4 is 27.5 Å². The Balaban J connectivity index is 1.85. The lowest BCUT2D eigenvalue weighted by Gasteiger charge is -2.41. The first-order chi connectivity index (χ1) is 9.49. The molecule has 0 saturated carbocycles. The van der Waals surface area contributed by atoms with Crippen molar-refractivity contribution in [2.24, 2.45) is 0 Å². The molecule has 1 aromatic carbocycles. The number of hydrogen-bond acceptors (Lipinski definition) is 3. The Bertz CT molecular complexity index is 447. The second kappa shape index (κ2) is 7.23. The van der Waals surface area contributed by atoms with Gasteiger partial charge in [-0.1, -0.05) is 33.6 Å². The third kappa shape index (κ3) is 4.43. The Morgan fingerprint density at radius 3 is 2.70 bits per heavy atom. The molecule has 2 rings (SSSR count). The van der Waals surface area contributed by atoms with E-state index in [0.29, 0.717) is 0 Å². The van der Waals surface area contributed by atoms with Crippen LogP contribution in [0.3, 0.4) is 0 Å². The first-order valence-corrected chi connectivity index (χ1v) is 8.13. The lowest BCUT2D eigenvalue weighted by molar-refractivity contribution is -0.00966. The van der Waals surface area contributed by atoms with Crippen molar-refractivity contribution in [1.29, 1.82) is 0 Å². The molecule has 1 saturated heterocycles. The van der Waals surface area contributed by atoms with Gasteiger partial charge in [0.25, 0.3) is 0 Å². The fraction of sp³-hybridized carbons (Fsp3) is 0.600. The summed E-state index contributed by atoms with van der Waals surface area (Å²) in [5.41, 5.74) is 1.26. The van der Waals surface area contributed by atoms with Crippen LogP contribution in [0.5, 0.6) is 0 Å². The van der Waals surface area contributed by atoms with Crippen LogP contribution in [0.25, 0.3) is 0 Å². The third-order valence-corrected chi connectivity index (χ3v) is 4.60. The Labute approximate surface area is 134 Å². The number of nitrogens with one attached hydrogen (secondary N) is 1. The molecular weight excluding hydrogens is 340 g/mol. The smallest absolute Gasteiger partial charge is 0.0594 e. The third-order valence-electron chi connectivity index (χ3n) is 3.76. The molecule has 112 valence electrons. The normalized spacial score (nSPS) is 17.4. The van der Waals surface area contributed by atoms with E-state index >= 15 is 0 Å². The molecule has 0 aromatic heterocycles. The van der Waals surface area contributed by atoms with Gasteiger partial charge in [0.15, 0.2) is 0 Å². The minimum Gasteiger partial charge on any atom is -0.379 e. The lowest BCUT2D eigenvalue weighted by atomic mass is 10.0. The van der Waals surface area contributed by atoms with E-state index in [1.54, 1.807) is 0 Å². The molecular formula is C15H22BrClN2O. The summed E-state index contributed by atoms with van der Waals surface area (Å²) in [4.78, 5) is 2.48. The number of nitrogens with zero attached hydrogens (tertiary/aromatic N) is 1. The molecule has 0 amide bonds. The van der Waals surface area contributed by atoms with Crippen LogP contribution >= 0.6 is 27.5 Å². The molecule has 5 heteroatoms. The number of rotatable bonds is 5. The van der Waals surface area contributed by atoms with Gasteiger partial charge in [-0.05, 0) is 31.5 Å². The van der Waals surface area contributed by atoms with Crippen molar-refractivity contribution in [3.63, 3.8) is 0 Å². The summed E-state index contributed by atoms with van der Waals surface area (Å²) in [7, 11) is 0. The highest BCUT2D eigenvalue weighted by atomic mass is 79.9. The first kappa shape index (κ1) is 16.2. The van der Waals surface area contributed by atoms with Gasteiger partial charge in [0.2, 0.25) is 0 Å². The molecule has 0 aliphatic carbocycles. The summed E-state index contributed by atoms with van der Waals surface area (Å²) in [6, 6.07) is 6.02. The minimum absolute atomic E-state index is 0.131. The van der Waals surface area contributed by atoms with E-state index in [0.717, 1.165) is 54.5 Å². The average molecular weight is 362 g/mol. The maximum absolute atomic E-state index is 6.23. The highest BCUT2D eigenvalue weighted by molar-refractivity contribution is 9.10. The van der Waals surface area contributed by atoms with Crippen LogP contribution in [0.15, 0.2) is 22.7 Å². The molecule has 0 bridgehead atoms.